The normalized spacial score (nSPS) is 14.6. The molecule has 9 aromatic rings. The van der Waals surface area contributed by atoms with E-state index in [0.717, 1.165) is 33.0 Å². The van der Waals surface area contributed by atoms with Gasteiger partial charge in [-0.1, -0.05) is 170 Å². The van der Waals surface area contributed by atoms with Gasteiger partial charge in [-0.3, -0.25) is 0 Å². The van der Waals surface area contributed by atoms with Crippen LogP contribution in [-0.4, -0.2) is 15.0 Å². The average Bonchev–Trinajstić information content (AvgIpc) is 3.30. The van der Waals surface area contributed by atoms with Crippen molar-refractivity contribution in [3.05, 3.63) is 188 Å². The molecule has 0 saturated heterocycles. The van der Waals surface area contributed by atoms with E-state index in [9.17, 15) is 0 Å². The van der Waals surface area contributed by atoms with Crippen LogP contribution in [0.4, 0.5) is 0 Å². The Morgan fingerprint density at radius 3 is 1.64 bits per heavy atom. The van der Waals surface area contributed by atoms with Gasteiger partial charge in [0.2, 0.25) is 0 Å². The van der Waals surface area contributed by atoms with Gasteiger partial charge in [0.25, 0.3) is 0 Å². The Labute approximate surface area is 308 Å². The van der Waals surface area contributed by atoms with Gasteiger partial charge in [0, 0.05) is 16.7 Å². The van der Waals surface area contributed by atoms with Gasteiger partial charge in [0.05, 0.1) is 16.4 Å². The van der Waals surface area contributed by atoms with Crippen LogP contribution in [0.15, 0.2) is 188 Å². The highest BCUT2D eigenvalue weighted by molar-refractivity contribution is 5.95. The van der Waals surface area contributed by atoms with Crippen molar-refractivity contribution in [2.75, 3.05) is 0 Å². The second kappa shape index (κ2) is 12.7. The molecule has 234 valence electrons. The van der Waals surface area contributed by atoms with Crippen LogP contribution in [0.5, 0.6) is 0 Å². The van der Waals surface area contributed by atoms with Crippen LogP contribution in [0.1, 0.15) is 16.4 Å². The Bertz CT molecular complexity index is 3280. The maximum atomic E-state index is 9.04. The van der Waals surface area contributed by atoms with Crippen LogP contribution in [0.2, 0.25) is 0 Å². The summed E-state index contributed by atoms with van der Waals surface area (Å²) in [5.41, 5.74) is 5.26. The van der Waals surface area contributed by atoms with E-state index in [1.165, 1.54) is 0 Å². The van der Waals surface area contributed by atoms with Crippen LogP contribution < -0.4 is 0 Å². The predicted octanol–water partition coefficient (Wildman–Crippen LogP) is 12.2. The minimum Gasteiger partial charge on any atom is -0.208 e. The van der Waals surface area contributed by atoms with Crippen molar-refractivity contribution in [3.63, 3.8) is 0 Å². The molecular formula is C47H31N3. The number of benzene rings is 8. The fraction of sp³-hybridized carbons (Fsp3) is 0. The molecule has 0 spiro atoms. The molecule has 0 unspecified atom stereocenters. The molecule has 50 heavy (non-hydrogen) atoms. The van der Waals surface area contributed by atoms with Crippen molar-refractivity contribution >= 4 is 21.5 Å². The summed E-state index contributed by atoms with van der Waals surface area (Å²) in [6, 6.07) is 30.6. The van der Waals surface area contributed by atoms with E-state index >= 15 is 0 Å². The molecule has 0 aliphatic rings. The summed E-state index contributed by atoms with van der Waals surface area (Å²) >= 11 is 0. The Morgan fingerprint density at radius 2 is 0.860 bits per heavy atom. The Morgan fingerprint density at radius 1 is 0.320 bits per heavy atom. The van der Waals surface area contributed by atoms with Crippen molar-refractivity contribution in [1.82, 2.24) is 15.0 Å². The minimum absolute atomic E-state index is 0.100. The molecule has 0 fully saturated rings. The topological polar surface area (TPSA) is 38.7 Å². The van der Waals surface area contributed by atoms with E-state index < -0.39 is 60.4 Å². The van der Waals surface area contributed by atoms with Gasteiger partial charge >= 0.3 is 0 Å². The number of fused-ring (bicyclic) bond motifs is 2. The molecule has 0 aliphatic carbocycles. The molecular weight excluding hydrogens is 607 g/mol. The average molecular weight is 650 g/mol. The second-order valence-corrected chi connectivity index (χ2v) is 11.6. The lowest BCUT2D eigenvalue weighted by atomic mass is 9.97. The molecule has 0 radical (unpaired) electrons. The molecule has 1 heterocycles. The van der Waals surface area contributed by atoms with E-state index in [0.29, 0.717) is 16.7 Å². The van der Waals surface area contributed by atoms with Gasteiger partial charge in [-0.25, -0.2) is 15.0 Å². The highest BCUT2D eigenvalue weighted by Gasteiger charge is 2.15. The Hall–Kier alpha value is -6.71. The maximum absolute atomic E-state index is 9.04. The largest absolute Gasteiger partial charge is 0.208 e. The molecule has 0 aliphatic heterocycles. The molecule has 0 amide bonds. The van der Waals surface area contributed by atoms with Gasteiger partial charge in [-0.15, -0.1) is 0 Å². The zero-order valence-corrected chi connectivity index (χ0v) is 26.3. The lowest BCUT2D eigenvalue weighted by molar-refractivity contribution is 1.08. The van der Waals surface area contributed by atoms with Crippen molar-refractivity contribution in [2.24, 2.45) is 0 Å². The zero-order chi connectivity index (χ0) is 43.7. The maximum Gasteiger partial charge on any atom is 0.164 e. The summed E-state index contributed by atoms with van der Waals surface area (Å²) in [6.45, 7) is 0. The number of nitrogens with zero attached hydrogens (tertiary/aromatic N) is 3. The molecule has 1 aromatic heterocycles. The lowest BCUT2D eigenvalue weighted by Crippen LogP contribution is -2.00. The van der Waals surface area contributed by atoms with Gasteiger partial charge in [-0.2, -0.15) is 0 Å². The van der Waals surface area contributed by atoms with Gasteiger partial charge < -0.3 is 0 Å². The third-order valence-electron chi connectivity index (χ3n) is 8.50. The van der Waals surface area contributed by atoms with E-state index in [1.807, 2.05) is 103 Å². The minimum atomic E-state index is -0.561. The summed E-state index contributed by atoms with van der Waals surface area (Å²) in [7, 11) is 0. The van der Waals surface area contributed by atoms with Crippen LogP contribution >= 0.6 is 0 Å². The zero-order valence-electron chi connectivity index (χ0n) is 38.3. The second-order valence-electron chi connectivity index (χ2n) is 11.6. The first kappa shape index (κ1) is 19.3. The standard InChI is InChI=1S/C47H31N3/c1-3-11-32(12-4-1)34-21-23-36(24-22-34)45-48-46(50-47(49-45)44-20-10-16-35-15-7-8-19-43(35)44)42-18-9-17-37(31-42)39-27-28-40-29-38(25-26-41(40)30-39)33-13-5-2-6-14-33/h1-31H/i2D,5D,6D,7D,8D,10D,13D,14D,15D,16D,19D,20D. The molecule has 3 nitrogen and oxygen atoms in total. The highest BCUT2D eigenvalue weighted by Crippen LogP contribution is 2.33. The van der Waals surface area contributed by atoms with Gasteiger partial charge in [-0.05, 0) is 73.1 Å². The first-order chi connectivity index (χ1) is 29.7. The third kappa shape index (κ3) is 5.72. The molecule has 3 heteroatoms. The van der Waals surface area contributed by atoms with E-state index in [2.05, 4.69) is 0 Å². The van der Waals surface area contributed by atoms with Crippen LogP contribution in [0.25, 0.3) is 89.1 Å². The summed E-state index contributed by atoms with van der Waals surface area (Å²) in [4.78, 5) is 14.5. The smallest absolute Gasteiger partial charge is 0.164 e. The summed E-state index contributed by atoms with van der Waals surface area (Å²) in [6.07, 6.45) is 0. The van der Waals surface area contributed by atoms with Crippen LogP contribution in [0.3, 0.4) is 0 Å². The lowest BCUT2D eigenvalue weighted by Gasteiger charge is -2.12. The first-order valence-corrected chi connectivity index (χ1v) is 15.9. The molecule has 0 saturated carbocycles. The van der Waals surface area contributed by atoms with Gasteiger partial charge in [0.15, 0.2) is 17.5 Å². The molecule has 0 N–H and O–H groups in total. The number of hydrogen-bond acceptors (Lipinski definition) is 3. The predicted molar refractivity (Wildman–Crippen MR) is 207 cm³/mol. The van der Waals surface area contributed by atoms with E-state index in [1.54, 1.807) is 12.1 Å². The highest BCUT2D eigenvalue weighted by atomic mass is 15.0. The van der Waals surface area contributed by atoms with E-state index in [-0.39, 0.29) is 51.5 Å². The van der Waals surface area contributed by atoms with Crippen molar-refractivity contribution in [2.45, 2.75) is 0 Å². The van der Waals surface area contributed by atoms with E-state index in [4.69, 9.17) is 31.4 Å². The monoisotopic (exact) mass is 649 g/mol. The fourth-order valence-electron chi connectivity index (χ4n) is 5.98. The summed E-state index contributed by atoms with van der Waals surface area (Å²) in [5, 5.41) is 1.30. The number of aromatic nitrogens is 3. The van der Waals surface area contributed by atoms with Crippen LogP contribution in [-0.2, 0) is 0 Å². The first-order valence-electron chi connectivity index (χ1n) is 21.9. The summed E-state index contributed by atoms with van der Waals surface area (Å²) in [5.74, 6) is 0.306. The molecule has 8 aromatic carbocycles. The SMILES string of the molecule is [2H]c1c([2H])c([2H])c(-c2ccc3cc(-c4cccc(-c5nc(-c6ccc(-c7ccccc7)cc6)nc(-c6c([2H])c([2H])c([2H])c7c([2H])c([2H])c([2H])c([2H])c67)n5)c4)ccc3c2)c([2H])c1[2H]. The number of rotatable bonds is 6. The third-order valence-corrected chi connectivity index (χ3v) is 8.50. The Kier molecular flexibility index (Phi) is 4.92. The molecule has 0 bridgehead atoms. The molecule has 9 rings (SSSR count). The fourth-order valence-corrected chi connectivity index (χ4v) is 5.98. The Balaban J connectivity index is 1.19. The van der Waals surface area contributed by atoms with Gasteiger partial charge in [0.1, 0.15) is 0 Å². The van der Waals surface area contributed by atoms with Crippen molar-refractivity contribution in [3.8, 4) is 67.5 Å². The van der Waals surface area contributed by atoms with Crippen LogP contribution in [0, 0.1) is 0 Å². The quantitative estimate of drug-likeness (QED) is 0.180. The number of hydrogen-bond donors (Lipinski definition) is 0. The molecule has 0 atom stereocenters. The van der Waals surface area contributed by atoms with Crippen molar-refractivity contribution in [1.29, 1.82) is 0 Å². The summed E-state index contributed by atoms with van der Waals surface area (Å²) < 4.78 is 102. The van der Waals surface area contributed by atoms with Crippen molar-refractivity contribution < 1.29 is 16.4 Å².